The number of fused-ring (bicyclic) bond motifs is 1. The van der Waals surface area contributed by atoms with E-state index in [1.807, 2.05) is 4.90 Å². The van der Waals surface area contributed by atoms with Gasteiger partial charge >= 0.3 is 0 Å². The lowest BCUT2D eigenvalue weighted by Gasteiger charge is -2.34. The average Bonchev–Trinajstić information content (AvgIpc) is 2.98. The largest absolute Gasteiger partial charge is 0.459 e. The summed E-state index contributed by atoms with van der Waals surface area (Å²) >= 11 is 0. The van der Waals surface area contributed by atoms with Gasteiger partial charge in [-0.25, -0.2) is 0 Å². The highest BCUT2D eigenvalue weighted by atomic mass is 16.3. The van der Waals surface area contributed by atoms with Crippen molar-refractivity contribution >= 4 is 5.91 Å². The summed E-state index contributed by atoms with van der Waals surface area (Å²) in [5, 5.41) is 3.46. The molecule has 86 valence electrons. The normalized spacial score (nSPS) is 29.1. The van der Waals surface area contributed by atoms with Gasteiger partial charge < -0.3 is 14.6 Å². The first-order valence-corrected chi connectivity index (χ1v) is 5.91. The molecule has 2 aliphatic rings. The minimum absolute atomic E-state index is 0.0251. The van der Waals surface area contributed by atoms with Crippen molar-refractivity contribution in [2.24, 2.45) is 5.92 Å². The van der Waals surface area contributed by atoms with Gasteiger partial charge in [-0.3, -0.25) is 4.79 Å². The Bertz CT molecular complexity index is 374. The van der Waals surface area contributed by atoms with Gasteiger partial charge in [-0.2, -0.15) is 0 Å². The standard InChI is InChI=1S/C12H16N2O2/c15-12(11-2-1-7-16-11)14-6-4-9-3-5-13-10(9)8-14/h1-2,7,9-10,13H,3-6,8H2. The number of carbonyl (C=O) groups is 1. The molecule has 0 aromatic carbocycles. The molecule has 0 spiro atoms. The molecule has 3 rings (SSSR count). The maximum atomic E-state index is 12.1. The van der Waals surface area contributed by atoms with Crippen LogP contribution in [0.5, 0.6) is 0 Å². The van der Waals surface area contributed by atoms with Crippen LogP contribution in [-0.2, 0) is 0 Å². The quantitative estimate of drug-likeness (QED) is 0.771. The monoisotopic (exact) mass is 220 g/mol. The number of carbonyl (C=O) groups excluding carboxylic acids is 1. The van der Waals surface area contributed by atoms with E-state index in [0.717, 1.165) is 32.0 Å². The first-order valence-electron chi connectivity index (χ1n) is 5.91. The van der Waals surface area contributed by atoms with Crippen LogP contribution in [-0.4, -0.2) is 36.5 Å². The van der Waals surface area contributed by atoms with Crippen LogP contribution in [0.3, 0.4) is 0 Å². The van der Waals surface area contributed by atoms with E-state index < -0.39 is 0 Å². The molecule has 1 amide bonds. The molecule has 1 aromatic rings. The molecule has 2 atom stereocenters. The Morgan fingerprint density at radius 3 is 3.25 bits per heavy atom. The molecule has 3 heterocycles. The molecule has 4 heteroatoms. The number of hydrogen-bond donors (Lipinski definition) is 1. The van der Waals surface area contributed by atoms with Crippen molar-refractivity contribution in [3.63, 3.8) is 0 Å². The van der Waals surface area contributed by atoms with Crippen LogP contribution in [0.15, 0.2) is 22.8 Å². The molecule has 0 aliphatic carbocycles. The summed E-state index contributed by atoms with van der Waals surface area (Å²) in [4.78, 5) is 14.0. The second kappa shape index (κ2) is 3.94. The highest BCUT2D eigenvalue weighted by molar-refractivity contribution is 5.91. The Morgan fingerprint density at radius 2 is 2.44 bits per heavy atom. The zero-order valence-corrected chi connectivity index (χ0v) is 9.19. The van der Waals surface area contributed by atoms with E-state index in [-0.39, 0.29) is 5.91 Å². The number of nitrogens with one attached hydrogen (secondary N) is 1. The van der Waals surface area contributed by atoms with Crippen molar-refractivity contribution in [1.82, 2.24) is 10.2 Å². The van der Waals surface area contributed by atoms with E-state index in [0.29, 0.717) is 11.8 Å². The molecular formula is C12H16N2O2. The summed E-state index contributed by atoms with van der Waals surface area (Å²) in [5.74, 6) is 1.24. The third-order valence-electron chi connectivity index (χ3n) is 3.70. The summed E-state index contributed by atoms with van der Waals surface area (Å²) < 4.78 is 5.15. The topological polar surface area (TPSA) is 45.5 Å². The minimum Gasteiger partial charge on any atom is -0.459 e. The van der Waals surface area contributed by atoms with Crippen LogP contribution in [0.2, 0.25) is 0 Å². The van der Waals surface area contributed by atoms with E-state index in [9.17, 15) is 4.79 Å². The van der Waals surface area contributed by atoms with Crippen molar-refractivity contribution in [2.75, 3.05) is 19.6 Å². The molecule has 16 heavy (non-hydrogen) atoms. The maximum absolute atomic E-state index is 12.1. The smallest absolute Gasteiger partial charge is 0.289 e. The van der Waals surface area contributed by atoms with Crippen molar-refractivity contribution < 1.29 is 9.21 Å². The summed E-state index contributed by atoms with van der Waals surface area (Å²) in [6.45, 7) is 2.78. The lowest BCUT2D eigenvalue weighted by molar-refractivity contribution is 0.0637. The zero-order chi connectivity index (χ0) is 11.0. The fraction of sp³-hybridized carbons (Fsp3) is 0.583. The fourth-order valence-electron chi connectivity index (χ4n) is 2.77. The van der Waals surface area contributed by atoms with E-state index in [1.54, 1.807) is 18.4 Å². The van der Waals surface area contributed by atoms with Gasteiger partial charge in [0.25, 0.3) is 5.91 Å². The Kier molecular flexibility index (Phi) is 2.44. The SMILES string of the molecule is O=C(c1ccco1)N1CCC2CCNC2C1. The predicted molar refractivity (Wildman–Crippen MR) is 59.1 cm³/mol. The number of furan rings is 1. The van der Waals surface area contributed by atoms with Crippen LogP contribution in [0.25, 0.3) is 0 Å². The molecule has 1 aromatic heterocycles. The Labute approximate surface area is 94.6 Å². The van der Waals surface area contributed by atoms with Gasteiger partial charge in [-0.05, 0) is 37.4 Å². The number of amides is 1. The third kappa shape index (κ3) is 1.63. The van der Waals surface area contributed by atoms with Crippen LogP contribution in [0, 0.1) is 5.92 Å². The molecular weight excluding hydrogens is 204 g/mol. The van der Waals surface area contributed by atoms with Crippen LogP contribution < -0.4 is 5.32 Å². The van der Waals surface area contributed by atoms with Crippen molar-refractivity contribution in [3.05, 3.63) is 24.2 Å². The van der Waals surface area contributed by atoms with Gasteiger partial charge in [0.15, 0.2) is 5.76 Å². The van der Waals surface area contributed by atoms with Crippen LogP contribution >= 0.6 is 0 Å². The Morgan fingerprint density at radius 1 is 1.50 bits per heavy atom. The first kappa shape index (κ1) is 9.90. The van der Waals surface area contributed by atoms with Crippen molar-refractivity contribution in [2.45, 2.75) is 18.9 Å². The number of nitrogens with zero attached hydrogens (tertiary/aromatic N) is 1. The molecule has 2 unspecified atom stereocenters. The molecule has 2 saturated heterocycles. The van der Waals surface area contributed by atoms with E-state index in [4.69, 9.17) is 4.42 Å². The molecule has 1 N–H and O–H groups in total. The lowest BCUT2D eigenvalue weighted by atomic mass is 9.92. The molecule has 4 nitrogen and oxygen atoms in total. The summed E-state index contributed by atoms with van der Waals surface area (Å²) in [7, 11) is 0. The summed E-state index contributed by atoms with van der Waals surface area (Å²) in [6, 6.07) is 3.98. The maximum Gasteiger partial charge on any atom is 0.289 e. The van der Waals surface area contributed by atoms with Crippen molar-refractivity contribution in [3.8, 4) is 0 Å². The molecule has 2 fully saturated rings. The third-order valence-corrected chi connectivity index (χ3v) is 3.70. The van der Waals surface area contributed by atoms with Gasteiger partial charge in [-0.1, -0.05) is 0 Å². The lowest BCUT2D eigenvalue weighted by Crippen LogP contribution is -2.48. The summed E-state index contributed by atoms with van der Waals surface area (Å²) in [5.41, 5.74) is 0. The second-order valence-corrected chi connectivity index (χ2v) is 4.63. The number of piperidine rings is 1. The van der Waals surface area contributed by atoms with Gasteiger partial charge in [-0.15, -0.1) is 0 Å². The van der Waals surface area contributed by atoms with Crippen LogP contribution in [0.4, 0.5) is 0 Å². The van der Waals surface area contributed by atoms with E-state index in [1.165, 1.54) is 6.42 Å². The second-order valence-electron chi connectivity index (χ2n) is 4.63. The van der Waals surface area contributed by atoms with Gasteiger partial charge in [0.1, 0.15) is 0 Å². The summed E-state index contributed by atoms with van der Waals surface area (Å²) in [6.07, 6.45) is 3.92. The number of likely N-dealkylation sites (tertiary alicyclic amines) is 1. The highest BCUT2D eigenvalue weighted by Crippen LogP contribution is 2.25. The van der Waals surface area contributed by atoms with Gasteiger partial charge in [0.2, 0.25) is 0 Å². The zero-order valence-electron chi connectivity index (χ0n) is 9.19. The predicted octanol–water partition coefficient (Wildman–Crippen LogP) is 1.10. The van der Waals surface area contributed by atoms with Gasteiger partial charge in [0, 0.05) is 19.1 Å². The van der Waals surface area contributed by atoms with Crippen molar-refractivity contribution in [1.29, 1.82) is 0 Å². The molecule has 0 saturated carbocycles. The fourth-order valence-corrected chi connectivity index (χ4v) is 2.77. The molecule has 0 bridgehead atoms. The number of hydrogen-bond acceptors (Lipinski definition) is 3. The number of rotatable bonds is 1. The van der Waals surface area contributed by atoms with Gasteiger partial charge in [0.05, 0.1) is 6.26 Å². The first-order chi connectivity index (χ1) is 7.84. The Hall–Kier alpha value is -1.29. The van der Waals surface area contributed by atoms with Crippen LogP contribution in [0.1, 0.15) is 23.4 Å². The minimum atomic E-state index is 0.0251. The van der Waals surface area contributed by atoms with E-state index in [2.05, 4.69) is 5.32 Å². The average molecular weight is 220 g/mol. The molecule has 2 aliphatic heterocycles. The highest BCUT2D eigenvalue weighted by Gasteiger charge is 2.34. The molecule has 0 radical (unpaired) electrons. The van der Waals surface area contributed by atoms with E-state index >= 15 is 0 Å². The Balaban J connectivity index is 1.70.